The predicted octanol–water partition coefficient (Wildman–Crippen LogP) is 1.36. The van der Waals surface area contributed by atoms with Crippen LogP contribution in [0, 0.1) is 5.92 Å². The van der Waals surface area contributed by atoms with Gasteiger partial charge in [0.1, 0.15) is 12.2 Å². The highest BCUT2D eigenvalue weighted by molar-refractivity contribution is 4.89. The van der Waals surface area contributed by atoms with Crippen LogP contribution in [0.4, 0.5) is 0 Å². The molecule has 1 aromatic heterocycles. The zero-order chi connectivity index (χ0) is 10.5. The average Bonchev–Trinajstić information content (AvgIpc) is 2.87. The van der Waals surface area contributed by atoms with Crippen LogP contribution in [0.5, 0.6) is 0 Å². The molecule has 0 amide bonds. The van der Waals surface area contributed by atoms with Gasteiger partial charge < -0.3 is 10.3 Å². The van der Waals surface area contributed by atoms with Crippen molar-refractivity contribution >= 4 is 0 Å². The minimum absolute atomic E-state index is 0.737. The monoisotopic (exact) mass is 208 g/mol. The molecule has 84 valence electrons. The molecule has 15 heavy (non-hydrogen) atoms. The molecule has 1 saturated carbocycles. The van der Waals surface area contributed by atoms with Crippen LogP contribution in [0.2, 0.25) is 0 Å². The van der Waals surface area contributed by atoms with Crippen molar-refractivity contribution in [2.24, 2.45) is 11.7 Å². The molecule has 1 aromatic rings. The number of aryl methyl sites for hydroxylation is 1. The Labute approximate surface area is 90.9 Å². The van der Waals surface area contributed by atoms with Gasteiger partial charge in [0.15, 0.2) is 0 Å². The maximum atomic E-state index is 5.50. The molecule has 2 rings (SSSR count). The van der Waals surface area contributed by atoms with Crippen LogP contribution in [-0.2, 0) is 13.0 Å². The van der Waals surface area contributed by atoms with Crippen LogP contribution < -0.4 is 5.73 Å². The fraction of sp³-hybridized carbons (Fsp3) is 0.818. The van der Waals surface area contributed by atoms with Crippen molar-refractivity contribution < 1.29 is 0 Å². The summed E-state index contributed by atoms with van der Waals surface area (Å²) in [4.78, 5) is 0. The van der Waals surface area contributed by atoms with E-state index in [1.165, 1.54) is 25.7 Å². The Morgan fingerprint density at radius 1 is 1.40 bits per heavy atom. The van der Waals surface area contributed by atoms with E-state index >= 15 is 0 Å². The SMILES string of the molecule is NCCCn1cnnc1CC1CCCC1. The van der Waals surface area contributed by atoms with E-state index in [1.54, 1.807) is 0 Å². The largest absolute Gasteiger partial charge is 0.330 e. The smallest absolute Gasteiger partial charge is 0.133 e. The van der Waals surface area contributed by atoms with Crippen LogP contribution in [-0.4, -0.2) is 21.3 Å². The molecule has 0 aromatic carbocycles. The molecule has 0 spiro atoms. The van der Waals surface area contributed by atoms with E-state index in [9.17, 15) is 0 Å². The van der Waals surface area contributed by atoms with Gasteiger partial charge in [-0.3, -0.25) is 0 Å². The molecule has 1 aliphatic carbocycles. The lowest BCUT2D eigenvalue weighted by atomic mass is 10.0. The van der Waals surface area contributed by atoms with Crippen molar-refractivity contribution in [1.29, 1.82) is 0 Å². The second kappa shape index (κ2) is 5.26. The molecule has 1 aliphatic rings. The average molecular weight is 208 g/mol. The molecule has 0 saturated heterocycles. The highest BCUT2D eigenvalue weighted by Crippen LogP contribution is 2.27. The lowest BCUT2D eigenvalue weighted by Gasteiger charge is -2.09. The number of aromatic nitrogens is 3. The Hall–Kier alpha value is -0.900. The molecule has 1 fully saturated rings. The van der Waals surface area contributed by atoms with Crippen molar-refractivity contribution in [3.05, 3.63) is 12.2 Å². The van der Waals surface area contributed by atoms with Gasteiger partial charge in [0.05, 0.1) is 0 Å². The van der Waals surface area contributed by atoms with Gasteiger partial charge in [0.2, 0.25) is 0 Å². The van der Waals surface area contributed by atoms with Gasteiger partial charge in [-0.1, -0.05) is 25.7 Å². The molecule has 0 aliphatic heterocycles. The Kier molecular flexibility index (Phi) is 3.72. The van der Waals surface area contributed by atoms with E-state index in [4.69, 9.17) is 5.73 Å². The first-order chi connectivity index (χ1) is 7.40. The molecule has 0 atom stereocenters. The highest BCUT2D eigenvalue weighted by atomic mass is 15.3. The van der Waals surface area contributed by atoms with Crippen molar-refractivity contribution in [2.45, 2.75) is 45.1 Å². The van der Waals surface area contributed by atoms with Crippen molar-refractivity contribution in [2.75, 3.05) is 6.54 Å². The second-order valence-corrected chi connectivity index (χ2v) is 4.44. The third-order valence-corrected chi connectivity index (χ3v) is 3.24. The first-order valence-electron chi connectivity index (χ1n) is 5.97. The van der Waals surface area contributed by atoms with E-state index in [0.29, 0.717) is 0 Å². The molecular weight excluding hydrogens is 188 g/mol. The van der Waals surface area contributed by atoms with Gasteiger partial charge >= 0.3 is 0 Å². The summed E-state index contributed by atoms with van der Waals surface area (Å²) in [6.07, 6.45) is 9.46. The summed E-state index contributed by atoms with van der Waals surface area (Å²) in [5, 5.41) is 8.19. The van der Waals surface area contributed by atoms with Crippen LogP contribution in [0.25, 0.3) is 0 Å². The van der Waals surface area contributed by atoms with Crippen molar-refractivity contribution in [3.63, 3.8) is 0 Å². The Bertz CT molecular complexity index is 289. The Morgan fingerprint density at radius 3 is 2.93 bits per heavy atom. The van der Waals surface area contributed by atoms with Crippen molar-refractivity contribution in [1.82, 2.24) is 14.8 Å². The molecule has 4 heteroatoms. The molecule has 1 heterocycles. The standard InChI is InChI=1S/C11H20N4/c12-6-3-7-15-9-13-14-11(15)8-10-4-1-2-5-10/h9-10H,1-8,12H2. The highest BCUT2D eigenvalue weighted by Gasteiger charge is 2.17. The Balaban J connectivity index is 1.91. The van der Waals surface area contributed by atoms with Gasteiger partial charge in [0.25, 0.3) is 0 Å². The summed E-state index contributed by atoms with van der Waals surface area (Å²) in [6.45, 7) is 1.70. The van der Waals surface area contributed by atoms with E-state index in [0.717, 1.165) is 37.7 Å². The lowest BCUT2D eigenvalue weighted by molar-refractivity contribution is 0.504. The van der Waals surface area contributed by atoms with Gasteiger partial charge in [0, 0.05) is 13.0 Å². The minimum atomic E-state index is 0.737. The number of hydrogen-bond acceptors (Lipinski definition) is 3. The number of hydrogen-bond donors (Lipinski definition) is 1. The molecule has 4 nitrogen and oxygen atoms in total. The number of nitrogens with two attached hydrogens (primary N) is 1. The van der Waals surface area contributed by atoms with Crippen LogP contribution in [0.3, 0.4) is 0 Å². The first kappa shape index (κ1) is 10.6. The molecule has 0 radical (unpaired) electrons. The van der Waals surface area contributed by atoms with E-state index < -0.39 is 0 Å². The van der Waals surface area contributed by atoms with Gasteiger partial charge in [-0.25, -0.2) is 0 Å². The fourth-order valence-electron chi connectivity index (χ4n) is 2.36. The second-order valence-electron chi connectivity index (χ2n) is 4.44. The summed E-state index contributed by atoms with van der Waals surface area (Å²) in [6, 6.07) is 0. The summed E-state index contributed by atoms with van der Waals surface area (Å²) in [5.41, 5.74) is 5.50. The fourth-order valence-corrected chi connectivity index (χ4v) is 2.36. The maximum Gasteiger partial charge on any atom is 0.133 e. The number of rotatable bonds is 5. The Morgan fingerprint density at radius 2 is 2.20 bits per heavy atom. The van der Waals surface area contributed by atoms with E-state index in [-0.39, 0.29) is 0 Å². The maximum absolute atomic E-state index is 5.50. The first-order valence-corrected chi connectivity index (χ1v) is 5.97. The summed E-state index contributed by atoms with van der Waals surface area (Å²) in [5.74, 6) is 1.99. The normalized spacial score (nSPS) is 17.4. The van der Waals surface area contributed by atoms with Crippen LogP contribution in [0.1, 0.15) is 37.9 Å². The molecule has 2 N–H and O–H groups in total. The van der Waals surface area contributed by atoms with E-state index in [2.05, 4.69) is 14.8 Å². The van der Waals surface area contributed by atoms with Crippen LogP contribution >= 0.6 is 0 Å². The zero-order valence-electron chi connectivity index (χ0n) is 9.23. The number of nitrogens with zero attached hydrogens (tertiary/aromatic N) is 3. The van der Waals surface area contributed by atoms with E-state index in [1.807, 2.05) is 6.33 Å². The van der Waals surface area contributed by atoms with Crippen molar-refractivity contribution in [3.8, 4) is 0 Å². The quantitative estimate of drug-likeness (QED) is 0.795. The van der Waals surface area contributed by atoms with Gasteiger partial charge in [-0.15, -0.1) is 10.2 Å². The van der Waals surface area contributed by atoms with Crippen LogP contribution in [0.15, 0.2) is 6.33 Å². The summed E-state index contributed by atoms with van der Waals surface area (Å²) in [7, 11) is 0. The molecule has 0 bridgehead atoms. The van der Waals surface area contributed by atoms with Gasteiger partial charge in [-0.05, 0) is 18.9 Å². The summed E-state index contributed by atoms with van der Waals surface area (Å²) < 4.78 is 2.16. The minimum Gasteiger partial charge on any atom is -0.330 e. The third-order valence-electron chi connectivity index (χ3n) is 3.24. The van der Waals surface area contributed by atoms with Gasteiger partial charge in [-0.2, -0.15) is 0 Å². The topological polar surface area (TPSA) is 56.7 Å². The predicted molar refractivity (Wildman–Crippen MR) is 59.4 cm³/mol. The molecular formula is C11H20N4. The zero-order valence-corrected chi connectivity index (χ0v) is 9.23. The summed E-state index contributed by atoms with van der Waals surface area (Å²) >= 11 is 0. The lowest BCUT2D eigenvalue weighted by Crippen LogP contribution is -2.10. The third kappa shape index (κ3) is 2.78. The molecule has 0 unspecified atom stereocenters.